The number of benzene rings is 2. The molecule has 0 aromatic heterocycles. The van der Waals surface area contributed by atoms with Gasteiger partial charge in [0.15, 0.2) is 6.61 Å². The van der Waals surface area contributed by atoms with Gasteiger partial charge in [0, 0.05) is 10.2 Å². The lowest BCUT2D eigenvalue weighted by molar-refractivity contribution is -0.120. The zero-order valence-electron chi connectivity index (χ0n) is 11.5. The second kappa shape index (κ2) is 7.59. The summed E-state index contributed by atoms with van der Waals surface area (Å²) in [6, 6.07) is 15.1. The summed E-state index contributed by atoms with van der Waals surface area (Å²) in [4.78, 5) is 16.7. The Kier molecular flexibility index (Phi) is 5.51. The predicted octanol–water partition coefficient (Wildman–Crippen LogP) is 3.75. The van der Waals surface area contributed by atoms with E-state index in [9.17, 15) is 4.79 Å². The van der Waals surface area contributed by atoms with Crippen molar-refractivity contribution in [1.82, 2.24) is 0 Å². The number of hydrogen-bond donors (Lipinski definition) is 1. The van der Waals surface area contributed by atoms with Gasteiger partial charge in [0.2, 0.25) is 0 Å². The van der Waals surface area contributed by atoms with Crippen LogP contribution >= 0.6 is 15.9 Å². The maximum absolute atomic E-state index is 11.7. The van der Waals surface area contributed by atoms with Gasteiger partial charge in [-0.25, -0.2) is 0 Å². The SMILES string of the molecule is Cc1cc(NC(=O)CO/N=C/c2ccccc2)ccc1Br. The van der Waals surface area contributed by atoms with Gasteiger partial charge < -0.3 is 10.2 Å². The van der Waals surface area contributed by atoms with Gasteiger partial charge in [-0.1, -0.05) is 51.4 Å². The van der Waals surface area contributed by atoms with E-state index in [1.165, 1.54) is 0 Å². The first-order valence-corrected chi connectivity index (χ1v) is 7.21. The van der Waals surface area contributed by atoms with E-state index in [1.54, 1.807) is 6.21 Å². The fourth-order valence-electron chi connectivity index (χ4n) is 1.65. The number of nitrogens with zero attached hydrogens (tertiary/aromatic N) is 1. The molecule has 2 aromatic carbocycles. The minimum absolute atomic E-state index is 0.127. The second-order valence-electron chi connectivity index (χ2n) is 4.43. The van der Waals surface area contributed by atoms with Crippen molar-refractivity contribution in [3.8, 4) is 0 Å². The van der Waals surface area contributed by atoms with Crippen LogP contribution in [-0.4, -0.2) is 18.7 Å². The molecule has 5 heteroatoms. The van der Waals surface area contributed by atoms with Crippen LogP contribution in [0.5, 0.6) is 0 Å². The molecule has 4 nitrogen and oxygen atoms in total. The Morgan fingerprint density at radius 3 is 2.76 bits per heavy atom. The average Bonchev–Trinajstić information content (AvgIpc) is 2.49. The summed E-state index contributed by atoms with van der Waals surface area (Å²) in [6.07, 6.45) is 1.57. The van der Waals surface area contributed by atoms with Crippen molar-refractivity contribution in [2.45, 2.75) is 6.92 Å². The number of amides is 1. The molecule has 2 aromatic rings. The smallest absolute Gasteiger partial charge is 0.265 e. The molecule has 1 amide bonds. The zero-order chi connectivity index (χ0) is 15.1. The highest BCUT2D eigenvalue weighted by molar-refractivity contribution is 9.10. The number of oxime groups is 1. The van der Waals surface area contributed by atoms with E-state index >= 15 is 0 Å². The Morgan fingerprint density at radius 1 is 1.29 bits per heavy atom. The molecule has 0 saturated heterocycles. The number of hydrogen-bond acceptors (Lipinski definition) is 3. The molecule has 0 radical (unpaired) electrons. The number of aryl methyl sites for hydroxylation is 1. The molecule has 0 aliphatic carbocycles. The number of nitrogens with one attached hydrogen (secondary N) is 1. The molecule has 0 atom stereocenters. The van der Waals surface area contributed by atoms with Crippen molar-refractivity contribution in [1.29, 1.82) is 0 Å². The molecule has 0 spiro atoms. The highest BCUT2D eigenvalue weighted by atomic mass is 79.9. The summed E-state index contributed by atoms with van der Waals surface area (Å²) in [5.74, 6) is -0.248. The Hall–Kier alpha value is -2.14. The van der Waals surface area contributed by atoms with Crippen LogP contribution in [0.4, 0.5) is 5.69 Å². The molecule has 2 rings (SSSR count). The lowest BCUT2D eigenvalue weighted by Crippen LogP contribution is -2.17. The molecule has 0 fully saturated rings. The van der Waals surface area contributed by atoms with Gasteiger partial charge in [-0.3, -0.25) is 4.79 Å². The van der Waals surface area contributed by atoms with Crippen LogP contribution in [0.25, 0.3) is 0 Å². The van der Waals surface area contributed by atoms with Gasteiger partial charge in [-0.2, -0.15) is 0 Å². The van der Waals surface area contributed by atoms with Crippen molar-refractivity contribution in [2.24, 2.45) is 5.16 Å². The third kappa shape index (κ3) is 5.04. The normalized spacial score (nSPS) is 10.6. The standard InChI is InChI=1S/C16H15BrN2O2/c1-12-9-14(7-8-15(12)17)19-16(20)11-21-18-10-13-5-3-2-4-6-13/h2-10H,11H2,1H3,(H,19,20)/b18-10+. The lowest BCUT2D eigenvalue weighted by atomic mass is 10.2. The van der Waals surface area contributed by atoms with E-state index in [4.69, 9.17) is 4.84 Å². The molecule has 0 unspecified atom stereocenters. The number of anilines is 1. The van der Waals surface area contributed by atoms with Crippen LogP contribution < -0.4 is 5.32 Å². The average molecular weight is 347 g/mol. The fraction of sp³-hybridized carbons (Fsp3) is 0.125. The summed E-state index contributed by atoms with van der Waals surface area (Å²) in [7, 11) is 0. The summed E-state index contributed by atoms with van der Waals surface area (Å²) < 4.78 is 1.00. The van der Waals surface area contributed by atoms with Crippen molar-refractivity contribution in [3.05, 3.63) is 64.1 Å². The van der Waals surface area contributed by atoms with E-state index < -0.39 is 0 Å². The lowest BCUT2D eigenvalue weighted by Gasteiger charge is -2.06. The first-order valence-electron chi connectivity index (χ1n) is 6.41. The van der Waals surface area contributed by atoms with Gasteiger partial charge in [0.05, 0.1) is 6.21 Å². The molecule has 0 heterocycles. The molecular weight excluding hydrogens is 332 g/mol. The third-order valence-corrected chi connectivity index (χ3v) is 3.60. The fourth-order valence-corrected chi connectivity index (χ4v) is 1.90. The van der Waals surface area contributed by atoms with Crippen molar-refractivity contribution >= 4 is 33.7 Å². The summed E-state index contributed by atoms with van der Waals surface area (Å²) in [6.45, 7) is 1.83. The molecule has 108 valence electrons. The highest BCUT2D eigenvalue weighted by Crippen LogP contribution is 2.19. The largest absolute Gasteiger partial charge is 0.386 e. The van der Waals surface area contributed by atoms with E-state index in [1.807, 2.05) is 55.5 Å². The van der Waals surface area contributed by atoms with Crippen LogP contribution in [0.1, 0.15) is 11.1 Å². The van der Waals surface area contributed by atoms with Crippen LogP contribution in [0.2, 0.25) is 0 Å². The van der Waals surface area contributed by atoms with Crippen molar-refractivity contribution < 1.29 is 9.63 Å². The quantitative estimate of drug-likeness (QED) is 0.662. The maximum Gasteiger partial charge on any atom is 0.265 e. The Labute approximate surface area is 131 Å². The third-order valence-electron chi connectivity index (χ3n) is 2.71. The van der Waals surface area contributed by atoms with Crippen LogP contribution in [0.15, 0.2) is 58.2 Å². The summed E-state index contributed by atoms with van der Waals surface area (Å²) in [5.41, 5.74) is 2.70. The monoisotopic (exact) mass is 346 g/mol. The van der Waals surface area contributed by atoms with Crippen molar-refractivity contribution in [2.75, 3.05) is 11.9 Å². The van der Waals surface area contributed by atoms with Gasteiger partial charge in [-0.15, -0.1) is 0 Å². The topological polar surface area (TPSA) is 50.7 Å². The van der Waals surface area contributed by atoms with Gasteiger partial charge in [-0.05, 0) is 36.2 Å². The van der Waals surface area contributed by atoms with Gasteiger partial charge in [0.1, 0.15) is 0 Å². The van der Waals surface area contributed by atoms with Gasteiger partial charge >= 0.3 is 0 Å². The van der Waals surface area contributed by atoms with Crippen LogP contribution in [0, 0.1) is 6.92 Å². The minimum atomic E-state index is -0.248. The van der Waals surface area contributed by atoms with E-state index in [-0.39, 0.29) is 12.5 Å². The van der Waals surface area contributed by atoms with Gasteiger partial charge in [0.25, 0.3) is 5.91 Å². The Morgan fingerprint density at radius 2 is 2.05 bits per heavy atom. The Bertz CT molecular complexity index is 642. The van der Waals surface area contributed by atoms with Crippen molar-refractivity contribution in [3.63, 3.8) is 0 Å². The Balaban J connectivity index is 1.79. The maximum atomic E-state index is 11.7. The summed E-state index contributed by atoms with van der Waals surface area (Å²) in [5, 5.41) is 6.51. The van der Waals surface area contributed by atoms with E-state index in [0.29, 0.717) is 0 Å². The van der Waals surface area contributed by atoms with E-state index in [0.717, 1.165) is 21.3 Å². The minimum Gasteiger partial charge on any atom is -0.386 e. The molecular formula is C16H15BrN2O2. The zero-order valence-corrected chi connectivity index (χ0v) is 13.1. The molecule has 0 saturated carbocycles. The first kappa shape index (κ1) is 15.3. The van der Waals surface area contributed by atoms with Crippen LogP contribution in [-0.2, 0) is 9.63 Å². The molecule has 0 aliphatic heterocycles. The predicted molar refractivity (Wildman–Crippen MR) is 87.5 cm³/mol. The molecule has 1 N–H and O–H groups in total. The number of carbonyl (C=O) groups excluding carboxylic acids is 1. The summed E-state index contributed by atoms with van der Waals surface area (Å²) >= 11 is 3.41. The second-order valence-corrected chi connectivity index (χ2v) is 5.29. The number of rotatable bonds is 5. The first-order chi connectivity index (χ1) is 10.1. The van der Waals surface area contributed by atoms with E-state index in [2.05, 4.69) is 26.4 Å². The number of halogens is 1. The van der Waals surface area contributed by atoms with Crippen LogP contribution in [0.3, 0.4) is 0 Å². The molecule has 0 bridgehead atoms. The molecule has 0 aliphatic rings. The molecule has 21 heavy (non-hydrogen) atoms. The highest BCUT2D eigenvalue weighted by Gasteiger charge is 2.03. The number of carbonyl (C=O) groups is 1.